The average Bonchev–Trinajstić information content (AvgIpc) is 2.67. The van der Waals surface area contributed by atoms with Crippen molar-refractivity contribution in [1.29, 1.82) is 0 Å². The molecule has 0 saturated carbocycles. The van der Waals surface area contributed by atoms with Crippen LogP contribution in [0.2, 0.25) is 0 Å². The minimum absolute atomic E-state index is 0.0361. The van der Waals surface area contributed by atoms with Crippen molar-refractivity contribution in [3.05, 3.63) is 46.5 Å². The predicted octanol–water partition coefficient (Wildman–Crippen LogP) is 4.55. The summed E-state index contributed by atoms with van der Waals surface area (Å²) in [5.74, 6) is 0.360. The van der Waals surface area contributed by atoms with Crippen LogP contribution in [0, 0.1) is 0 Å². The van der Waals surface area contributed by atoms with Gasteiger partial charge >= 0.3 is 0 Å². The van der Waals surface area contributed by atoms with E-state index in [0.29, 0.717) is 47.9 Å². The third-order valence-electron chi connectivity index (χ3n) is 5.03. The Morgan fingerprint density at radius 2 is 1.07 bits per heavy atom. The largest absolute Gasteiger partial charge is 0.508 e. The number of carbonyl (C=O) groups excluding carboxylic acids is 1. The van der Waals surface area contributed by atoms with Crippen LogP contribution in [-0.4, -0.2) is 26.2 Å². The molecule has 0 bridgehead atoms. The van der Waals surface area contributed by atoms with E-state index in [4.69, 9.17) is 0 Å². The number of carbonyl (C=O) groups is 1. The lowest BCUT2D eigenvalue weighted by molar-refractivity contribution is -0.119. The fourth-order valence-electron chi connectivity index (χ4n) is 3.42. The van der Waals surface area contributed by atoms with Gasteiger partial charge in [0.1, 0.15) is 28.8 Å². The molecule has 152 valence electrons. The van der Waals surface area contributed by atoms with Gasteiger partial charge in [-0.15, -0.1) is 0 Å². The maximum absolute atomic E-state index is 12.3. The minimum Gasteiger partial charge on any atom is -0.508 e. The second-order valence-electron chi connectivity index (χ2n) is 7.18. The number of ketones is 1. The van der Waals surface area contributed by atoms with E-state index in [1.165, 1.54) is 0 Å². The first-order valence-corrected chi connectivity index (χ1v) is 9.96. The van der Waals surface area contributed by atoms with Gasteiger partial charge in [0.25, 0.3) is 0 Å². The highest BCUT2D eigenvalue weighted by Gasteiger charge is 2.15. The zero-order valence-electron chi connectivity index (χ0n) is 16.7. The number of phenols is 4. The van der Waals surface area contributed by atoms with Crippen molar-refractivity contribution < 1.29 is 25.2 Å². The average molecular weight is 386 g/mol. The molecular formula is C23H30O5. The molecule has 0 spiro atoms. The molecule has 0 unspecified atom stereocenters. The molecule has 0 aliphatic rings. The van der Waals surface area contributed by atoms with Gasteiger partial charge in [0.05, 0.1) is 0 Å². The molecule has 2 aromatic carbocycles. The molecule has 0 aromatic heterocycles. The molecule has 2 rings (SSSR count). The van der Waals surface area contributed by atoms with E-state index < -0.39 is 0 Å². The van der Waals surface area contributed by atoms with Crippen LogP contribution in [0.15, 0.2) is 24.3 Å². The van der Waals surface area contributed by atoms with Gasteiger partial charge < -0.3 is 20.4 Å². The first kappa shape index (κ1) is 21.6. The van der Waals surface area contributed by atoms with Crippen molar-refractivity contribution in [2.24, 2.45) is 0 Å². The quantitative estimate of drug-likeness (QED) is 0.480. The molecular weight excluding hydrogens is 356 g/mol. The molecule has 0 aliphatic carbocycles. The predicted molar refractivity (Wildman–Crippen MR) is 109 cm³/mol. The highest BCUT2D eigenvalue weighted by molar-refractivity contribution is 5.79. The van der Waals surface area contributed by atoms with Crippen molar-refractivity contribution >= 4 is 5.78 Å². The van der Waals surface area contributed by atoms with Gasteiger partial charge in [-0.1, -0.05) is 38.8 Å². The number of benzene rings is 2. The molecule has 0 aliphatic heterocycles. The van der Waals surface area contributed by atoms with Crippen LogP contribution in [0.25, 0.3) is 0 Å². The van der Waals surface area contributed by atoms with Crippen LogP contribution in [0.3, 0.4) is 0 Å². The Morgan fingerprint density at radius 1 is 0.679 bits per heavy atom. The van der Waals surface area contributed by atoms with Crippen molar-refractivity contribution in [1.82, 2.24) is 0 Å². The fraction of sp³-hybridized carbons (Fsp3) is 0.435. The number of aromatic hydroxyl groups is 4. The lowest BCUT2D eigenvalue weighted by atomic mass is 9.97. The highest BCUT2D eigenvalue weighted by atomic mass is 16.3. The van der Waals surface area contributed by atoms with Gasteiger partial charge in [-0.3, -0.25) is 4.79 Å². The molecule has 0 fully saturated rings. The summed E-state index contributed by atoms with van der Waals surface area (Å²) in [5, 5.41) is 40.4. The second kappa shape index (κ2) is 10.0. The Labute approximate surface area is 166 Å². The third kappa shape index (κ3) is 5.18. The number of phenolic OH excluding ortho intramolecular Hbond substituents is 4. The van der Waals surface area contributed by atoms with Gasteiger partial charge in [-0.05, 0) is 48.9 Å². The zero-order valence-corrected chi connectivity index (χ0v) is 16.7. The lowest BCUT2D eigenvalue weighted by Crippen LogP contribution is -2.03. The summed E-state index contributed by atoms with van der Waals surface area (Å²) in [7, 11) is 0. The van der Waals surface area contributed by atoms with Gasteiger partial charge in [-0.2, -0.15) is 0 Å². The summed E-state index contributed by atoms with van der Waals surface area (Å²) in [6.45, 7) is 3.94. The Kier molecular flexibility index (Phi) is 7.73. The van der Waals surface area contributed by atoms with Crippen LogP contribution < -0.4 is 0 Å². The molecule has 0 radical (unpaired) electrons. The van der Waals surface area contributed by atoms with Crippen LogP contribution in [0.5, 0.6) is 23.0 Å². The molecule has 4 N–H and O–H groups in total. The fourth-order valence-corrected chi connectivity index (χ4v) is 3.42. The molecule has 28 heavy (non-hydrogen) atoms. The summed E-state index contributed by atoms with van der Waals surface area (Å²) in [6.07, 6.45) is 4.16. The number of hydrogen-bond acceptors (Lipinski definition) is 5. The first-order chi connectivity index (χ1) is 13.4. The minimum atomic E-state index is 0.0361. The summed E-state index contributed by atoms with van der Waals surface area (Å²) in [5.41, 5.74) is 2.38. The van der Waals surface area contributed by atoms with Crippen molar-refractivity contribution in [3.8, 4) is 23.0 Å². The standard InChI is InChI=1S/C23H30O5/c1-3-5-18-20(25)13-9-15(22(18)27)7-11-17(24)12-8-16-10-14-21(26)19(6-4-2)23(16)28/h9-10,13-14,25-28H,3-8,11-12H2,1-2H3. The highest BCUT2D eigenvalue weighted by Crippen LogP contribution is 2.34. The topological polar surface area (TPSA) is 98.0 Å². The maximum Gasteiger partial charge on any atom is 0.133 e. The SMILES string of the molecule is CCCc1c(O)ccc(CCC(=O)CCc2ccc(O)c(CCC)c2O)c1O. The second-order valence-corrected chi connectivity index (χ2v) is 7.18. The molecule has 5 nitrogen and oxygen atoms in total. The molecule has 2 aromatic rings. The molecule has 0 saturated heterocycles. The lowest BCUT2D eigenvalue weighted by Gasteiger charge is -2.12. The normalized spacial score (nSPS) is 10.9. The van der Waals surface area contributed by atoms with E-state index in [0.717, 1.165) is 12.8 Å². The summed E-state index contributed by atoms with van der Waals surface area (Å²) >= 11 is 0. The summed E-state index contributed by atoms with van der Waals surface area (Å²) in [4.78, 5) is 12.3. The maximum atomic E-state index is 12.3. The number of Topliss-reactive ketones (excluding diaryl/α,β-unsaturated/α-hetero) is 1. The van der Waals surface area contributed by atoms with E-state index in [1.807, 2.05) is 13.8 Å². The smallest absolute Gasteiger partial charge is 0.133 e. The Morgan fingerprint density at radius 3 is 1.43 bits per heavy atom. The molecule has 0 heterocycles. The monoisotopic (exact) mass is 386 g/mol. The van der Waals surface area contributed by atoms with E-state index in [1.54, 1.807) is 24.3 Å². The third-order valence-corrected chi connectivity index (χ3v) is 5.03. The summed E-state index contributed by atoms with van der Waals surface area (Å²) < 4.78 is 0. The van der Waals surface area contributed by atoms with E-state index >= 15 is 0 Å². The van der Waals surface area contributed by atoms with Crippen LogP contribution in [0.4, 0.5) is 0 Å². The Balaban J connectivity index is 1.97. The van der Waals surface area contributed by atoms with Gasteiger partial charge in [0.15, 0.2) is 0 Å². The van der Waals surface area contributed by atoms with Crippen molar-refractivity contribution in [3.63, 3.8) is 0 Å². The number of aryl methyl sites for hydroxylation is 2. The van der Waals surface area contributed by atoms with Crippen molar-refractivity contribution in [2.75, 3.05) is 0 Å². The number of rotatable bonds is 10. The Bertz CT molecular complexity index is 759. The first-order valence-electron chi connectivity index (χ1n) is 9.96. The van der Waals surface area contributed by atoms with E-state index in [9.17, 15) is 25.2 Å². The van der Waals surface area contributed by atoms with Gasteiger partial charge in [0.2, 0.25) is 0 Å². The van der Waals surface area contributed by atoms with Crippen molar-refractivity contribution in [2.45, 2.75) is 65.2 Å². The zero-order chi connectivity index (χ0) is 20.7. The van der Waals surface area contributed by atoms with Crippen LogP contribution >= 0.6 is 0 Å². The number of hydrogen-bond donors (Lipinski definition) is 4. The van der Waals surface area contributed by atoms with Crippen LogP contribution in [-0.2, 0) is 30.5 Å². The molecule has 0 amide bonds. The van der Waals surface area contributed by atoms with Crippen LogP contribution in [0.1, 0.15) is 61.8 Å². The van der Waals surface area contributed by atoms with E-state index in [2.05, 4.69) is 0 Å². The molecule has 0 atom stereocenters. The summed E-state index contributed by atoms with van der Waals surface area (Å²) in [6, 6.07) is 6.43. The van der Waals surface area contributed by atoms with Gasteiger partial charge in [0, 0.05) is 24.0 Å². The van der Waals surface area contributed by atoms with Gasteiger partial charge in [-0.25, -0.2) is 0 Å². The van der Waals surface area contributed by atoms with E-state index in [-0.39, 0.29) is 41.6 Å². The molecule has 5 heteroatoms. The Hall–Kier alpha value is -2.69.